The molecular formula is C18H29N3O3. The van der Waals surface area contributed by atoms with Gasteiger partial charge in [-0.3, -0.25) is 4.79 Å². The third kappa shape index (κ3) is 4.35. The molecule has 1 amide bonds. The molecule has 134 valence electrons. The smallest absolute Gasteiger partial charge is 0.231 e. The van der Waals surface area contributed by atoms with Gasteiger partial charge in [0, 0.05) is 32.0 Å². The molecule has 2 fully saturated rings. The van der Waals surface area contributed by atoms with Crippen molar-refractivity contribution in [3.05, 3.63) is 11.7 Å². The van der Waals surface area contributed by atoms with Gasteiger partial charge in [-0.2, -0.15) is 4.98 Å². The van der Waals surface area contributed by atoms with E-state index in [4.69, 9.17) is 9.26 Å². The number of amides is 1. The van der Waals surface area contributed by atoms with Gasteiger partial charge in [0.25, 0.3) is 0 Å². The third-order valence-corrected chi connectivity index (χ3v) is 5.13. The van der Waals surface area contributed by atoms with E-state index in [2.05, 4.69) is 10.1 Å². The number of hydrogen-bond acceptors (Lipinski definition) is 5. The normalized spacial score (nSPS) is 22.0. The van der Waals surface area contributed by atoms with Crippen LogP contribution in [-0.4, -0.2) is 47.3 Å². The number of hydrogen-bond donors (Lipinski definition) is 0. The lowest BCUT2D eigenvalue weighted by molar-refractivity contribution is -0.133. The average Bonchev–Trinajstić information content (AvgIpc) is 3.31. The summed E-state index contributed by atoms with van der Waals surface area (Å²) in [4.78, 5) is 18.5. The van der Waals surface area contributed by atoms with Crippen molar-refractivity contribution in [3.8, 4) is 0 Å². The molecule has 0 bridgehead atoms. The molecule has 1 aromatic heterocycles. The highest BCUT2D eigenvalue weighted by atomic mass is 16.5. The zero-order chi connectivity index (χ0) is 16.9. The standard InChI is InChI=1S/C18H29N3O3/c1-13(2)18(22)21-9-7-15(11-21)17-19-16(20-24-17)8-10-23-12-14-5-3-4-6-14/h13-15H,3-12H2,1-2H3. The maximum absolute atomic E-state index is 12.1. The van der Waals surface area contributed by atoms with Crippen LogP contribution < -0.4 is 0 Å². The van der Waals surface area contributed by atoms with Crippen LogP contribution in [0, 0.1) is 11.8 Å². The zero-order valence-electron chi connectivity index (χ0n) is 14.9. The van der Waals surface area contributed by atoms with Crippen LogP contribution >= 0.6 is 0 Å². The second kappa shape index (κ2) is 8.10. The Balaban J connectivity index is 1.41. The third-order valence-electron chi connectivity index (χ3n) is 5.13. The van der Waals surface area contributed by atoms with E-state index in [0.29, 0.717) is 31.3 Å². The quantitative estimate of drug-likeness (QED) is 0.717. The Morgan fingerprint density at radius 2 is 2.12 bits per heavy atom. The lowest BCUT2D eigenvalue weighted by Gasteiger charge is -2.17. The Hall–Kier alpha value is -1.43. The topological polar surface area (TPSA) is 68.5 Å². The molecule has 2 heterocycles. The van der Waals surface area contributed by atoms with Crippen molar-refractivity contribution in [2.45, 2.75) is 58.3 Å². The minimum atomic E-state index is 0.0408. The lowest BCUT2D eigenvalue weighted by Crippen LogP contribution is -2.31. The Kier molecular flexibility index (Phi) is 5.87. The molecule has 6 heteroatoms. The van der Waals surface area contributed by atoms with E-state index in [0.717, 1.165) is 25.5 Å². The van der Waals surface area contributed by atoms with E-state index in [-0.39, 0.29) is 17.7 Å². The maximum atomic E-state index is 12.1. The van der Waals surface area contributed by atoms with Gasteiger partial charge in [0.2, 0.25) is 11.8 Å². The molecule has 0 N–H and O–H groups in total. The van der Waals surface area contributed by atoms with Gasteiger partial charge in [-0.05, 0) is 25.2 Å². The van der Waals surface area contributed by atoms with Crippen LogP contribution in [0.3, 0.4) is 0 Å². The summed E-state index contributed by atoms with van der Waals surface area (Å²) in [7, 11) is 0. The number of carbonyl (C=O) groups excluding carboxylic acids is 1. The van der Waals surface area contributed by atoms with Gasteiger partial charge in [0.1, 0.15) is 0 Å². The van der Waals surface area contributed by atoms with Gasteiger partial charge in [-0.25, -0.2) is 0 Å². The van der Waals surface area contributed by atoms with Gasteiger partial charge in [0.15, 0.2) is 5.82 Å². The van der Waals surface area contributed by atoms with Crippen LogP contribution in [0.4, 0.5) is 0 Å². The SMILES string of the molecule is CC(C)C(=O)N1CCC(c2nc(CCOCC3CCCC3)no2)C1. The van der Waals surface area contributed by atoms with Crippen molar-refractivity contribution >= 4 is 5.91 Å². The van der Waals surface area contributed by atoms with E-state index in [1.54, 1.807) is 0 Å². The number of nitrogens with zero attached hydrogens (tertiary/aromatic N) is 3. The molecule has 1 aliphatic carbocycles. The molecule has 0 spiro atoms. The Morgan fingerprint density at radius 3 is 2.88 bits per heavy atom. The van der Waals surface area contributed by atoms with Crippen molar-refractivity contribution in [3.63, 3.8) is 0 Å². The largest absolute Gasteiger partial charge is 0.381 e. The van der Waals surface area contributed by atoms with E-state index in [1.165, 1.54) is 25.7 Å². The summed E-state index contributed by atoms with van der Waals surface area (Å²) in [6, 6.07) is 0. The molecule has 1 aliphatic heterocycles. The molecule has 6 nitrogen and oxygen atoms in total. The van der Waals surface area contributed by atoms with E-state index < -0.39 is 0 Å². The highest BCUT2D eigenvalue weighted by molar-refractivity contribution is 5.78. The maximum Gasteiger partial charge on any atom is 0.231 e. The summed E-state index contributed by atoms with van der Waals surface area (Å²) < 4.78 is 11.2. The average molecular weight is 335 g/mol. The van der Waals surface area contributed by atoms with Gasteiger partial charge < -0.3 is 14.2 Å². The number of ether oxygens (including phenoxy) is 1. The summed E-state index contributed by atoms with van der Waals surface area (Å²) >= 11 is 0. The van der Waals surface area contributed by atoms with Crippen molar-refractivity contribution < 1.29 is 14.1 Å². The zero-order valence-corrected chi connectivity index (χ0v) is 14.9. The highest BCUT2D eigenvalue weighted by Gasteiger charge is 2.31. The molecule has 2 aliphatic rings. The molecule has 1 atom stereocenters. The van der Waals surface area contributed by atoms with Crippen LogP contribution in [0.5, 0.6) is 0 Å². The number of carbonyl (C=O) groups is 1. The molecule has 3 rings (SSSR count). The van der Waals surface area contributed by atoms with E-state index >= 15 is 0 Å². The lowest BCUT2D eigenvalue weighted by atomic mass is 10.1. The molecule has 1 saturated heterocycles. The van der Waals surface area contributed by atoms with Gasteiger partial charge >= 0.3 is 0 Å². The first-order valence-electron chi connectivity index (χ1n) is 9.32. The van der Waals surface area contributed by atoms with E-state index in [1.807, 2.05) is 18.7 Å². The molecule has 24 heavy (non-hydrogen) atoms. The summed E-state index contributed by atoms with van der Waals surface area (Å²) in [5, 5.41) is 4.07. The Morgan fingerprint density at radius 1 is 1.33 bits per heavy atom. The number of aromatic nitrogens is 2. The van der Waals surface area contributed by atoms with Crippen LogP contribution in [0.15, 0.2) is 4.52 Å². The fourth-order valence-electron chi connectivity index (χ4n) is 3.65. The van der Waals surface area contributed by atoms with Gasteiger partial charge in [-0.1, -0.05) is 31.8 Å². The Bertz CT molecular complexity index is 537. The first kappa shape index (κ1) is 17.4. The monoisotopic (exact) mass is 335 g/mol. The van der Waals surface area contributed by atoms with Gasteiger partial charge in [0.05, 0.1) is 12.5 Å². The van der Waals surface area contributed by atoms with Crippen LogP contribution in [0.2, 0.25) is 0 Å². The number of likely N-dealkylation sites (tertiary alicyclic amines) is 1. The second-order valence-electron chi connectivity index (χ2n) is 7.45. The fourth-order valence-corrected chi connectivity index (χ4v) is 3.65. The van der Waals surface area contributed by atoms with Crippen molar-refractivity contribution in [1.29, 1.82) is 0 Å². The first-order valence-corrected chi connectivity index (χ1v) is 9.32. The molecule has 0 aromatic carbocycles. The minimum absolute atomic E-state index is 0.0408. The predicted octanol–water partition coefficient (Wildman–Crippen LogP) is 2.79. The minimum Gasteiger partial charge on any atom is -0.381 e. The van der Waals surface area contributed by atoms with E-state index in [9.17, 15) is 4.79 Å². The highest BCUT2D eigenvalue weighted by Crippen LogP contribution is 2.27. The van der Waals surface area contributed by atoms with Crippen LogP contribution in [0.25, 0.3) is 0 Å². The van der Waals surface area contributed by atoms with Crippen LogP contribution in [-0.2, 0) is 16.0 Å². The summed E-state index contributed by atoms with van der Waals surface area (Å²) in [6.45, 7) is 6.86. The molecule has 0 radical (unpaired) electrons. The molecular weight excluding hydrogens is 306 g/mol. The predicted molar refractivity (Wildman–Crippen MR) is 89.6 cm³/mol. The van der Waals surface area contributed by atoms with Crippen molar-refractivity contribution in [2.24, 2.45) is 11.8 Å². The summed E-state index contributed by atoms with van der Waals surface area (Å²) in [6.07, 6.45) is 6.90. The molecule has 1 aromatic rings. The van der Waals surface area contributed by atoms with Crippen LogP contribution in [0.1, 0.15) is 63.6 Å². The van der Waals surface area contributed by atoms with Crippen molar-refractivity contribution in [1.82, 2.24) is 15.0 Å². The fraction of sp³-hybridized carbons (Fsp3) is 0.833. The first-order chi connectivity index (χ1) is 11.6. The van der Waals surface area contributed by atoms with Gasteiger partial charge in [-0.15, -0.1) is 0 Å². The Labute approximate surface area is 143 Å². The van der Waals surface area contributed by atoms with Crippen molar-refractivity contribution in [2.75, 3.05) is 26.3 Å². The summed E-state index contributed by atoms with van der Waals surface area (Å²) in [5.41, 5.74) is 0. The molecule has 1 saturated carbocycles. The molecule has 1 unspecified atom stereocenters. The second-order valence-corrected chi connectivity index (χ2v) is 7.45. The number of rotatable bonds is 7. The summed E-state index contributed by atoms with van der Waals surface area (Å²) in [5.74, 6) is 2.55.